The van der Waals surface area contributed by atoms with Crippen LogP contribution in [0.1, 0.15) is 67.9 Å². The maximum atomic E-state index is 11.4. The molecule has 0 spiro atoms. The molecule has 6 heteroatoms. The Hall–Kier alpha value is -2.11. The summed E-state index contributed by atoms with van der Waals surface area (Å²) in [5.74, 6) is 0.0492. The minimum absolute atomic E-state index is 0.0637. The highest BCUT2D eigenvalue weighted by molar-refractivity contribution is 5.90. The highest BCUT2D eigenvalue weighted by atomic mass is 16.5. The van der Waals surface area contributed by atoms with Crippen molar-refractivity contribution in [3.63, 3.8) is 0 Å². The molecule has 6 nitrogen and oxygen atoms in total. The summed E-state index contributed by atoms with van der Waals surface area (Å²) < 4.78 is 7.22. The summed E-state index contributed by atoms with van der Waals surface area (Å²) >= 11 is 0. The predicted molar refractivity (Wildman–Crippen MR) is 81.5 cm³/mol. The first-order valence-corrected chi connectivity index (χ1v) is 7.84. The van der Waals surface area contributed by atoms with Crippen molar-refractivity contribution in [2.45, 2.75) is 58.0 Å². The Morgan fingerprint density at radius 1 is 1.27 bits per heavy atom. The van der Waals surface area contributed by atoms with Crippen LogP contribution in [0.5, 0.6) is 5.88 Å². The van der Waals surface area contributed by atoms with Crippen LogP contribution in [0.3, 0.4) is 0 Å². The average molecular weight is 303 g/mol. The predicted octanol–water partition coefficient (Wildman–Crippen LogP) is 3.26. The molecule has 0 bridgehead atoms. The largest absolute Gasteiger partial charge is 0.477 e. The summed E-state index contributed by atoms with van der Waals surface area (Å²) in [4.78, 5) is 20.3. The van der Waals surface area contributed by atoms with Crippen LogP contribution in [0.2, 0.25) is 0 Å². The molecule has 1 N–H and O–H groups in total. The van der Waals surface area contributed by atoms with E-state index in [1.165, 1.54) is 19.3 Å². The van der Waals surface area contributed by atoms with Crippen LogP contribution in [0, 0.1) is 0 Å². The summed E-state index contributed by atoms with van der Waals surface area (Å²) in [6.45, 7) is 3.69. The molecule has 1 fully saturated rings. The zero-order chi connectivity index (χ0) is 15.7. The Kier molecular flexibility index (Phi) is 4.00. The molecular formula is C16H21N3O3. The van der Waals surface area contributed by atoms with Crippen LogP contribution < -0.4 is 4.74 Å². The lowest BCUT2D eigenvalue weighted by molar-refractivity contribution is 0.0688. The average Bonchev–Trinajstić information content (AvgIpc) is 2.89. The van der Waals surface area contributed by atoms with Crippen molar-refractivity contribution in [1.82, 2.24) is 14.4 Å². The normalized spacial score (nSPS) is 16.3. The number of fused-ring (bicyclic) bond motifs is 1. The fourth-order valence-electron chi connectivity index (χ4n) is 2.98. The first kappa shape index (κ1) is 14.8. The molecule has 2 heterocycles. The van der Waals surface area contributed by atoms with E-state index < -0.39 is 5.97 Å². The molecular weight excluding hydrogens is 282 g/mol. The molecule has 2 aromatic heterocycles. The van der Waals surface area contributed by atoms with Crippen molar-refractivity contribution >= 4 is 11.7 Å². The van der Waals surface area contributed by atoms with Gasteiger partial charge in [-0.2, -0.15) is 4.98 Å². The second kappa shape index (κ2) is 5.94. The van der Waals surface area contributed by atoms with Gasteiger partial charge >= 0.3 is 5.97 Å². The summed E-state index contributed by atoms with van der Waals surface area (Å²) in [5, 5.41) is 9.34. The Balaban J connectivity index is 2.01. The molecule has 1 aliphatic rings. The fraction of sp³-hybridized carbons (Fsp3) is 0.562. The van der Waals surface area contributed by atoms with E-state index in [0.717, 1.165) is 18.5 Å². The van der Waals surface area contributed by atoms with Gasteiger partial charge in [-0.15, -0.1) is 0 Å². The number of imidazole rings is 1. The molecule has 0 amide bonds. The van der Waals surface area contributed by atoms with Gasteiger partial charge in [-0.25, -0.2) is 9.78 Å². The number of carboxylic acids is 1. The Morgan fingerprint density at radius 3 is 2.64 bits per heavy atom. The Labute approximate surface area is 129 Å². The maximum absolute atomic E-state index is 11.4. The first-order valence-electron chi connectivity index (χ1n) is 7.84. The van der Waals surface area contributed by atoms with Crippen molar-refractivity contribution in [3.05, 3.63) is 23.7 Å². The summed E-state index contributed by atoms with van der Waals surface area (Å²) in [6.07, 6.45) is 9.35. The van der Waals surface area contributed by atoms with Crippen LogP contribution >= 0.6 is 0 Å². The molecule has 2 aromatic rings. The van der Waals surface area contributed by atoms with Crippen molar-refractivity contribution in [1.29, 1.82) is 0 Å². The number of hydrogen-bond acceptors (Lipinski definition) is 4. The molecule has 0 unspecified atom stereocenters. The number of ether oxygens (including phenoxy) is 1. The van der Waals surface area contributed by atoms with Gasteiger partial charge in [0.1, 0.15) is 5.56 Å². The topological polar surface area (TPSA) is 76.7 Å². The lowest BCUT2D eigenvalue weighted by Crippen LogP contribution is -2.12. The number of aromatic carboxylic acids is 1. The van der Waals surface area contributed by atoms with Crippen molar-refractivity contribution in [2.75, 3.05) is 0 Å². The molecule has 0 aliphatic heterocycles. The highest BCUT2D eigenvalue weighted by Gasteiger charge is 2.21. The number of carbonyl (C=O) groups is 1. The molecule has 118 valence electrons. The van der Waals surface area contributed by atoms with Gasteiger partial charge in [-0.3, -0.25) is 4.40 Å². The number of rotatable bonds is 4. The molecule has 1 saturated carbocycles. The zero-order valence-corrected chi connectivity index (χ0v) is 13.0. The molecule has 0 atom stereocenters. The molecule has 0 radical (unpaired) electrons. The first-order chi connectivity index (χ1) is 10.5. The molecule has 22 heavy (non-hydrogen) atoms. The lowest BCUT2D eigenvalue weighted by atomic mass is 9.87. The highest BCUT2D eigenvalue weighted by Crippen LogP contribution is 2.32. The standard InChI is InChI=1S/C16H21N3O3/c1-10(2)22-14-12(15(20)21)8-19-9-13(17-16(19)18-14)11-6-4-3-5-7-11/h8-11H,3-7H2,1-2H3,(H,20,21). The van der Waals surface area contributed by atoms with Gasteiger partial charge in [0.2, 0.25) is 11.7 Å². The van der Waals surface area contributed by atoms with Gasteiger partial charge in [0.25, 0.3) is 0 Å². The van der Waals surface area contributed by atoms with E-state index in [1.54, 1.807) is 10.6 Å². The zero-order valence-electron chi connectivity index (χ0n) is 13.0. The van der Waals surface area contributed by atoms with Gasteiger partial charge in [0.15, 0.2) is 0 Å². The number of carboxylic acid groups (broad SMARTS) is 1. The van der Waals surface area contributed by atoms with Gasteiger partial charge < -0.3 is 9.84 Å². The summed E-state index contributed by atoms with van der Waals surface area (Å²) in [6, 6.07) is 0. The maximum Gasteiger partial charge on any atom is 0.342 e. The van der Waals surface area contributed by atoms with Crippen LogP contribution in [0.4, 0.5) is 0 Å². The van der Waals surface area contributed by atoms with E-state index in [0.29, 0.717) is 11.7 Å². The lowest BCUT2D eigenvalue weighted by Gasteiger charge is -2.19. The fourth-order valence-corrected chi connectivity index (χ4v) is 2.98. The molecule has 1 aliphatic carbocycles. The second-order valence-corrected chi connectivity index (χ2v) is 6.14. The van der Waals surface area contributed by atoms with Crippen molar-refractivity contribution in [2.24, 2.45) is 0 Å². The van der Waals surface area contributed by atoms with Crippen LogP contribution in [0.25, 0.3) is 5.78 Å². The number of aromatic nitrogens is 3. The second-order valence-electron chi connectivity index (χ2n) is 6.14. The quantitative estimate of drug-likeness (QED) is 0.938. The smallest absolute Gasteiger partial charge is 0.342 e. The van der Waals surface area contributed by atoms with Crippen LogP contribution in [0.15, 0.2) is 12.4 Å². The van der Waals surface area contributed by atoms with Gasteiger partial charge in [0.05, 0.1) is 11.8 Å². The minimum atomic E-state index is -1.04. The van der Waals surface area contributed by atoms with Crippen molar-refractivity contribution in [3.8, 4) is 5.88 Å². The summed E-state index contributed by atoms with van der Waals surface area (Å²) in [7, 11) is 0. The number of nitrogens with zero attached hydrogens (tertiary/aromatic N) is 3. The van der Waals surface area contributed by atoms with Crippen LogP contribution in [-0.2, 0) is 0 Å². The summed E-state index contributed by atoms with van der Waals surface area (Å²) in [5.41, 5.74) is 1.07. The van der Waals surface area contributed by atoms with Gasteiger partial charge in [-0.05, 0) is 26.7 Å². The van der Waals surface area contributed by atoms with E-state index in [1.807, 2.05) is 20.0 Å². The van der Waals surface area contributed by atoms with E-state index in [9.17, 15) is 9.90 Å². The van der Waals surface area contributed by atoms with Gasteiger partial charge in [0, 0.05) is 18.3 Å². The third kappa shape index (κ3) is 2.91. The Morgan fingerprint density at radius 2 is 2.00 bits per heavy atom. The van der Waals surface area contributed by atoms with Gasteiger partial charge in [-0.1, -0.05) is 19.3 Å². The van der Waals surface area contributed by atoms with E-state index in [2.05, 4.69) is 9.97 Å². The molecule has 0 aromatic carbocycles. The Bertz CT molecular complexity index is 687. The van der Waals surface area contributed by atoms with Crippen molar-refractivity contribution < 1.29 is 14.6 Å². The van der Waals surface area contributed by atoms with E-state index in [4.69, 9.17) is 4.74 Å². The monoisotopic (exact) mass is 303 g/mol. The van der Waals surface area contributed by atoms with E-state index >= 15 is 0 Å². The number of hydrogen-bond donors (Lipinski definition) is 1. The minimum Gasteiger partial charge on any atom is -0.477 e. The third-order valence-corrected chi connectivity index (χ3v) is 4.03. The molecule has 3 rings (SSSR count). The van der Waals surface area contributed by atoms with E-state index in [-0.39, 0.29) is 17.5 Å². The molecule has 0 saturated heterocycles. The van der Waals surface area contributed by atoms with Crippen LogP contribution in [-0.4, -0.2) is 31.5 Å². The third-order valence-electron chi connectivity index (χ3n) is 4.03. The SMILES string of the molecule is CC(C)Oc1nc2nc(C3CCCCC3)cn2cc1C(=O)O.